The van der Waals surface area contributed by atoms with Crippen LogP contribution in [0.4, 0.5) is 17.5 Å². The number of hydrogen-bond donors (Lipinski definition) is 3. The van der Waals surface area contributed by atoms with Gasteiger partial charge in [-0.25, -0.2) is 4.98 Å². The van der Waals surface area contributed by atoms with E-state index in [-0.39, 0.29) is 5.91 Å². The summed E-state index contributed by atoms with van der Waals surface area (Å²) in [6.07, 6.45) is 0. The van der Waals surface area contributed by atoms with Crippen molar-refractivity contribution >= 4 is 23.4 Å². The van der Waals surface area contributed by atoms with Gasteiger partial charge < -0.3 is 30.2 Å². The van der Waals surface area contributed by atoms with Gasteiger partial charge >= 0.3 is 0 Å². The molecule has 1 amide bonds. The summed E-state index contributed by atoms with van der Waals surface area (Å²) in [5, 5.41) is 9.28. The SMILES string of the molecule is COc1ccc(Nc2cc(C)nc(NCCNC(=O)c3cccc4c3OCCO4)n2)cc1. The third-order valence-corrected chi connectivity index (χ3v) is 4.72. The second-order valence-corrected chi connectivity index (χ2v) is 7.08. The van der Waals surface area contributed by atoms with Crippen LogP contribution >= 0.6 is 0 Å². The summed E-state index contributed by atoms with van der Waals surface area (Å²) in [6.45, 7) is 3.66. The number of ether oxygens (including phenoxy) is 3. The van der Waals surface area contributed by atoms with Crippen molar-refractivity contribution in [1.82, 2.24) is 15.3 Å². The number of benzene rings is 2. The summed E-state index contributed by atoms with van der Waals surface area (Å²) in [7, 11) is 1.63. The average Bonchev–Trinajstić information content (AvgIpc) is 2.81. The molecule has 2 heterocycles. The van der Waals surface area contributed by atoms with Crippen molar-refractivity contribution in [2.45, 2.75) is 6.92 Å². The predicted octanol–water partition coefficient (Wildman–Crippen LogP) is 3.15. The van der Waals surface area contributed by atoms with Gasteiger partial charge in [0.05, 0.1) is 12.7 Å². The molecular formula is C23H25N5O4. The summed E-state index contributed by atoms with van der Waals surface area (Å²) >= 11 is 0. The lowest BCUT2D eigenvalue weighted by molar-refractivity contribution is 0.0944. The molecule has 0 saturated heterocycles. The highest BCUT2D eigenvalue weighted by Crippen LogP contribution is 2.33. The normalized spacial score (nSPS) is 12.1. The highest BCUT2D eigenvalue weighted by molar-refractivity contribution is 5.97. The second-order valence-electron chi connectivity index (χ2n) is 7.08. The average molecular weight is 435 g/mol. The minimum Gasteiger partial charge on any atom is -0.497 e. The van der Waals surface area contributed by atoms with Crippen molar-refractivity contribution in [3.8, 4) is 17.2 Å². The largest absolute Gasteiger partial charge is 0.497 e. The molecule has 1 aliphatic rings. The number of amides is 1. The van der Waals surface area contributed by atoms with Gasteiger partial charge in [-0.15, -0.1) is 0 Å². The van der Waals surface area contributed by atoms with E-state index in [0.717, 1.165) is 17.1 Å². The highest BCUT2D eigenvalue weighted by atomic mass is 16.6. The van der Waals surface area contributed by atoms with E-state index >= 15 is 0 Å². The number of hydrogen-bond acceptors (Lipinski definition) is 8. The molecule has 3 N–H and O–H groups in total. The number of aryl methyl sites for hydroxylation is 1. The second kappa shape index (κ2) is 9.86. The molecule has 9 heteroatoms. The van der Waals surface area contributed by atoms with E-state index in [1.807, 2.05) is 37.3 Å². The Morgan fingerprint density at radius 2 is 1.88 bits per heavy atom. The molecule has 3 aromatic rings. The fraction of sp³-hybridized carbons (Fsp3) is 0.261. The number of rotatable bonds is 8. The molecule has 166 valence electrons. The van der Waals surface area contributed by atoms with Crippen molar-refractivity contribution in [3.63, 3.8) is 0 Å². The predicted molar refractivity (Wildman–Crippen MR) is 121 cm³/mol. The minimum atomic E-state index is -0.221. The Morgan fingerprint density at radius 1 is 1.06 bits per heavy atom. The Morgan fingerprint density at radius 3 is 2.69 bits per heavy atom. The van der Waals surface area contributed by atoms with Gasteiger partial charge in [-0.2, -0.15) is 4.98 Å². The molecule has 4 rings (SSSR count). The Bertz CT molecular complexity index is 1090. The summed E-state index contributed by atoms with van der Waals surface area (Å²) in [5.74, 6) is 2.79. The van der Waals surface area contributed by atoms with E-state index in [1.165, 1.54) is 0 Å². The number of nitrogens with zero attached hydrogens (tertiary/aromatic N) is 2. The zero-order valence-corrected chi connectivity index (χ0v) is 18.0. The first-order valence-corrected chi connectivity index (χ1v) is 10.3. The first-order valence-electron chi connectivity index (χ1n) is 10.3. The Labute approximate surface area is 186 Å². The monoisotopic (exact) mass is 435 g/mol. The van der Waals surface area contributed by atoms with Crippen molar-refractivity contribution in [2.24, 2.45) is 0 Å². The first kappa shape index (κ1) is 21.2. The van der Waals surface area contributed by atoms with Crippen LogP contribution in [0, 0.1) is 6.92 Å². The highest BCUT2D eigenvalue weighted by Gasteiger charge is 2.19. The Balaban J connectivity index is 1.32. The number of fused-ring (bicyclic) bond motifs is 1. The fourth-order valence-corrected chi connectivity index (χ4v) is 3.23. The lowest BCUT2D eigenvalue weighted by atomic mass is 10.1. The third-order valence-electron chi connectivity index (χ3n) is 4.72. The molecule has 0 unspecified atom stereocenters. The standard InChI is InChI=1S/C23H25N5O4/c1-15-14-20(27-16-6-8-17(30-2)9-7-16)28-23(26-15)25-11-10-24-22(29)18-4-3-5-19-21(18)32-13-12-31-19/h3-9,14H,10-13H2,1-2H3,(H,24,29)(H2,25,26,27,28). The van der Waals surface area contributed by atoms with Crippen molar-refractivity contribution in [3.05, 3.63) is 59.8 Å². The smallest absolute Gasteiger partial charge is 0.255 e. The van der Waals surface area contributed by atoms with Crippen LogP contribution < -0.4 is 30.2 Å². The molecule has 0 bridgehead atoms. The molecule has 9 nitrogen and oxygen atoms in total. The van der Waals surface area contributed by atoms with Gasteiger partial charge in [-0.3, -0.25) is 4.79 Å². The van der Waals surface area contributed by atoms with Crippen LogP contribution in [0.2, 0.25) is 0 Å². The summed E-state index contributed by atoms with van der Waals surface area (Å²) < 4.78 is 16.3. The van der Waals surface area contributed by atoms with E-state index in [2.05, 4.69) is 25.9 Å². The third kappa shape index (κ3) is 5.18. The van der Waals surface area contributed by atoms with E-state index < -0.39 is 0 Å². The summed E-state index contributed by atoms with van der Waals surface area (Å²) in [6, 6.07) is 14.7. The van der Waals surface area contributed by atoms with E-state index in [4.69, 9.17) is 14.2 Å². The summed E-state index contributed by atoms with van der Waals surface area (Å²) in [5.41, 5.74) is 2.16. The molecule has 0 radical (unpaired) electrons. The molecule has 1 aliphatic heterocycles. The molecule has 0 saturated carbocycles. The fourth-order valence-electron chi connectivity index (χ4n) is 3.23. The molecule has 0 aliphatic carbocycles. The number of aromatic nitrogens is 2. The zero-order chi connectivity index (χ0) is 22.3. The Kier molecular flexibility index (Phi) is 6.54. The minimum absolute atomic E-state index is 0.221. The maximum Gasteiger partial charge on any atom is 0.255 e. The van der Waals surface area contributed by atoms with Crippen LogP contribution in [0.1, 0.15) is 16.1 Å². The van der Waals surface area contributed by atoms with Gasteiger partial charge in [-0.1, -0.05) is 6.07 Å². The van der Waals surface area contributed by atoms with Crippen LogP contribution in [0.25, 0.3) is 0 Å². The van der Waals surface area contributed by atoms with Crippen molar-refractivity contribution in [2.75, 3.05) is 44.0 Å². The Hall–Kier alpha value is -4.01. The van der Waals surface area contributed by atoms with Crippen LogP contribution in [-0.2, 0) is 0 Å². The first-order chi connectivity index (χ1) is 15.6. The molecule has 32 heavy (non-hydrogen) atoms. The van der Waals surface area contributed by atoms with Crippen molar-refractivity contribution in [1.29, 1.82) is 0 Å². The molecule has 0 fully saturated rings. The topological polar surface area (TPSA) is 107 Å². The number of anilines is 3. The quantitative estimate of drug-likeness (QED) is 0.463. The van der Waals surface area contributed by atoms with E-state index in [9.17, 15) is 4.79 Å². The summed E-state index contributed by atoms with van der Waals surface area (Å²) in [4.78, 5) is 21.5. The molecule has 0 spiro atoms. The van der Waals surface area contributed by atoms with Crippen LogP contribution in [0.15, 0.2) is 48.5 Å². The van der Waals surface area contributed by atoms with Crippen LogP contribution in [0.3, 0.4) is 0 Å². The number of para-hydroxylation sites is 1. The lowest BCUT2D eigenvalue weighted by Crippen LogP contribution is -2.30. The van der Waals surface area contributed by atoms with Gasteiger partial charge in [0, 0.05) is 30.5 Å². The number of carbonyl (C=O) groups is 1. The van der Waals surface area contributed by atoms with E-state index in [1.54, 1.807) is 25.3 Å². The van der Waals surface area contributed by atoms with Crippen LogP contribution in [-0.4, -0.2) is 49.3 Å². The van der Waals surface area contributed by atoms with Crippen LogP contribution in [0.5, 0.6) is 17.2 Å². The molecular weight excluding hydrogens is 410 g/mol. The zero-order valence-electron chi connectivity index (χ0n) is 18.0. The molecule has 2 aromatic carbocycles. The van der Waals surface area contributed by atoms with Gasteiger partial charge in [-0.05, 0) is 43.3 Å². The number of methoxy groups -OCH3 is 1. The number of carbonyl (C=O) groups excluding carboxylic acids is 1. The van der Waals surface area contributed by atoms with Gasteiger partial charge in [0.15, 0.2) is 11.5 Å². The number of nitrogens with one attached hydrogen (secondary N) is 3. The van der Waals surface area contributed by atoms with E-state index in [0.29, 0.717) is 55.1 Å². The van der Waals surface area contributed by atoms with Gasteiger partial charge in [0.25, 0.3) is 5.91 Å². The maximum atomic E-state index is 12.6. The maximum absolute atomic E-state index is 12.6. The molecule has 0 atom stereocenters. The van der Waals surface area contributed by atoms with Crippen molar-refractivity contribution < 1.29 is 19.0 Å². The van der Waals surface area contributed by atoms with Gasteiger partial charge in [0.2, 0.25) is 5.95 Å². The lowest BCUT2D eigenvalue weighted by Gasteiger charge is -2.20. The van der Waals surface area contributed by atoms with Gasteiger partial charge in [0.1, 0.15) is 24.8 Å². The molecule has 1 aromatic heterocycles.